The summed E-state index contributed by atoms with van der Waals surface area (Å²) >= 11 is 0. The van der Waals surface area contributed by atoms with E-state index >= 15 is 0 Å². The van der Waals surface area contributed by atoms with Gasteiger partial charge in [-0.15, -0.1) is 0 Å². The van der Waals surface area contributed by atoms with Crippen LogP contribution in [0.2, 0.25) is 0 Å². The molecule has 0 aliphatic carbocycles. The summed E-state index contributed by atoms with van der Waals surface area (Å²) in [5, 5.41) is 0. The van der Waals surface area contributed by atoms with Gasteiger partial charge in [0.25, 0.3) is 0 Å². The fourth-order valence-electron chi connectivity index (χ4n) is 1.86. The predicted molar refractivity (Wildman–Crippen MR) is 66.8 cm³/mol. The standard InChI is InChI=1S/C13H25NO3/c1-5-10-16-11-8-6-7-9-14(11)12(15)17-13(2,3)4/h11H,5-10H2,1-4H3. The number of amides is 1. The minimum absolute atomic E-state index is 0.0986. The summed E-state index contributed by atoms with van der Waals surface area (Å²) in [4.78, 5) is 13.7. The third-order valence-electron chi connectivity index (χ3n) is 2.59. The Bertz CT molecular complexity index is 248. The SMILES string of the molecule is CCCOC1CCCCN1C(=O)OC(C)(C)C. The van der Waals surface area contributed by atoms with Crippen LogP contribution in [0.5, 0.6) is 0 Å². The smallest absolute Gasteiger partial charge is 0.412 e. The van der Waals surface area contributed by atoms with Crippen LogP contribution in [0.15, 0.2) is 0 Å². The van der Waals surface area contributed by atoms with E-state index in [1.54, 1.807) is 4.90 Å². The number of hydrogen-bond acceptors (Lipinski definition) is 3. The zero-order chi connectivity index (χ0) is 12.9. The molecule has 0 radical (unpaired) electrons. The van der Waals surface area contributed by atoms with E-state index in [4.69, 9.17) is 9.47 Å². The van der Waals surface area contributed by atoms with Gasteiger partial charge in [0.2, 0.25) is 0 Å². The number of hydrogen-bond donors (Lipinski definition) is 0. The third kappa shape index (κ3) is 4.94. The van der Waals surface area contributed by atoms with E-state index in [1.807, 2.05) is 20.8 Å². The Labute approximate surface area is 104 Å². The Morgan fingerprint density at radius 1 is 1.35 bits per heavy atom. The van der Waals surface area contributed by atoms with Crippen molar-refractivity contribution in [3.63, 3.8) is 0 Å². The van der Waals surface area contributed by atoms with Crippen LogP contribution in [-0.4, -0.2) is 36.0 Å². The van der Waals surface area contributed by atoms with E-state index < -0.39 is 5.60 Å². The molecule has 0 bridgehead atoms. The summed E-state index contributed by atoms with van der Waals surface area (Å²) < 4.78 is 11.1. The molecule has 1 amide bonds. The van der Waals surface area contributed by atoms with Gasteiger partial charge in [0.1, 0.15) is 11.8 Å². The van der Waals surface area contributed by atoms with Crippen LogP contribution in [0.1, 0.15) is 53.4 Å². The summed E-state index contributed by atoms with van der Waals surface area (Å²) in [7, 11) is 0. The van der Waals surface area contributed by atoms with Gasteiger partial charge in [-0.1, -0.05) is 6.92 Å². The first-order chi connectivity index (χ1) is 7.94. The fraction of sp³-hybridized carbons (Fsp3) is 0.923. The minimum atomic E-state index is -0.441. The van der Waals surface area contributed by atoms with Crippen molar-refractivity contribution in [2.45, 2.75) is 65.2 Å². The first kappa shape index (κ1) is 14.3. The van der Waals surface area contributed by atoms with E-state index in [0.717, 1.165) is 32.2 Å². The normalized spacial score (nSPS) is 21.4. The molecule has 1 heterocycles. The van der Waals surface area contributed by atoms with E-state index in [-0.39, 0.29) is 12.3 Å². The van der Waals surface area contributed by atoms with Crippen molar-refractivity contribution in [3.05, 3.63) is 0 Å². The summed E-state index contributed by atoms with van der Waals surface area (Å²) in [6.45, 7) is 9.16. The third-order valence-corrected chi connectivity index (χ3v) is 2.59. The Morgan fingerprint density at radius 2 is 2.06 bits per heavy atom. The molecule has 0 aromatic heterocycles. The van der Waals surface area contributed by atoms with Gasteiger partial charge in [0.05, 0.1) is 0 Å². The van der Waals surface area contributed by atoms with Gasteiger partial charge in [-0.3, -0.25) is 4.90 Å². The average Bonchev–Trinajstić information content (AvgIpc) is 2.24. The van der Waals surface area contributed by atoms with Gasteiger partial charge in [-0.05, 0) is 46.5 Å². The first-order valence-electron chi connectivity index (χ1n) is 6.55. The second kappa shape index (κ2) is 6.24. The molecule has 100 valence electrons. The molecule has 17 heavy (non-hydrogen) atoms. The average molecular weight is 243 g/mol. The molecule has 1 unspecified atom stereocenters. The maximum atomic E-state index is 12.0. The number of carbonyl (C=O) groups is 1. The van der Waals surface area contributed by atoms with Crippen molar-refractivity contribution in [2.24, 2.45) is 0 Å². The molecule has 1 atom stereocenters. The summed E-state index contributed by atoms with van der Waals surface area (Å²) in [6.07, 6.45) is 3.69. The Hall–Kier alpha value is -0.770. The van der Waals surface area contributed by atoms with Crippen LogP contribution < -0.4 is 0 Å². The maximum Gasteiger partial charge on any atom is 0.412 e. The lowest BCUT2D eigenvalue weighted by Gasteiger charge is -2.36. The molecule has 0 saturated carbocycles. The highest BCUT2D eigenvalue weighted by atomic mass is 16.6. The number of ether oxygens (including phenoxy) is 2. The largest absolute Gasteiger partial charge is 0.444 e. The van der Waals surface area contributed by atoms with Crippen LogP contribution in [-0.2, 0) is 9.47 Å². The quantitative estimate of drug-likeness (QED) is 0.764. The van der Waals surface area contributed by atoms with Crippen molar-refractivity contribution in [1.29, 1.82) is 0 Å². The molecule has 4 nitrogen and oxygen atoms in total. The zero-order valence-electron chi connectivity index (χ0n) is 11.5. The Morgan fingerprint density at radius 3 is 2.65 bits per heavy atom. The van der Waals surface area contributed by atoms with Gasteiger partial charge >= 0.3 is 6.09 Å². The number of likely N-dealkylation sites (tertiary alicyclic amines) is 1. The van der Waals surface area contributed by atoms with E-state index in [0.29, 0.717) is 6.61 Å². The molecule has 0 aromatic rings. The number of carbonyl (C=O) groups excluding carboxylic acids is 1. The van der Waals surface area contributed by atoms with Crippen LogP contribution in [0, 0.1) is 0 Å². The van der Waals surface area contributed by atoms with Gasteiger partial charge < -0.3 is 9.47 Å². The van der Waals surface area contributed by atoms with Crippen molar-refractivity contribution >= 4 is 6.09 Å². The van der Waals surface area contributed by atoms with Crippen molar-refractivity contribution in [3.8, 4) is 0 Å². The number of piperidine rings is 1. The fourth-order valence-corrected chi connectivity index (χ4v) is 1.86. The lowest BCUT2D eigenvalue weighted by atomic mass is 10.1. The van der Waals surface area contributed by atoms with Gasteiger partial charge in [-0.25, -0.2) is 4.79 Å². The molecule has 1 saturated heterocycles. The summed E-state index contributed by atoms with van der Waals surface area (Å²) in [6, 6.07) is 0. The highest BCUT2D eigenvalue weighted by Crippen LogP contribution is 2.21. The summed E-state index contributed by atoms with van der Waals surface area (Å²) in [5.74, 6) is 0. The van der Waals surface area contributed by atoms with Crippen molar-refractivity contribution in [2.75, 3.05) is 13.2 Å². The van der Waals surface area contributed by atoms with E-state index in [1.165, 1.54) is 0 Å². The highest BCUT2D eigenvalue weighted by Gasteiger charge is 2.30. The molecular formula is C13H25NO3. The molecule has 0 aromatic carbocycles. The number of rotatable bonds is 3. The van der Waals surface area contributed by atoms with Crippen molar-refractivity contribution < 1.29 is 14.3 Å². The molecular weight excluding hydrogens is 218 g/mol. The van der Waals surface area contributed by atoms with E-state index in [2.05, 4.69) is 6.92 Å². The molecule has 0 N–H and O–H groups in total. The van der Waals surface area contributed by atoms with Crippen LogP contribution in [0.3, 0.4) is 0 Å². The van der Waals surface area contributed by atoms with Gasteiger partial charge in [0, 0.05) is 13.2 Å². The Kier molecular flexibility index (Phi) is 5.25. The second-order valence-corrected chi connectivity index (χ2v) is 5.49. The molecule has 4 heteroatoms. The predicted octanol–water partition coefficient (Wildman–Crippen LogP) is 3.16. The molecule has 1 rings (SSSR count). The molecule has 1 aliphatic heterocycles. The second-order valence-electron chi connectivity index (χ2n) is 5.49. The van der Waals surface area contributed by atoms with Crippen molar-refractivity contribution in [1.82, 2.24) is 4.90 Å². The minimum Gasteiger partial charge on any atom is -0.444 e. The number of nitrogens with zero attached hydrogens (tertiary/aromatic N) is 1. The summed E-state index contributed by atoms with van der Waals surface area (Å²) in [5.41, 5.74) is -0.441. The molecule has 0 spiro atoms. The lowest BCUT2D eigenvalue weighted by Crippen LogP contribution is -2.47. The topological polar surface area (TPSA) is 38.8 Å². The van der Waals surface area contributed by atoms with Crippen LogP contribution in [0.4, 0.5) is 4.79 Å². The molecule has 1 aliphatic rings. The highest BCUT2D eigenvalue weighted by molar-refractivity contribution is 5.68. The lowest BCUT2D eigenvalue weighted by molar-refractivity contribution is -0.0828. The van der Waals surface area contributed by atoms with Gasteiger partial charge in [-0.2, -0.15) is 0 Å². The van der Waals surface area contributed by atoms with Crippen LogP contribution in [0.25, 0.3) is 0 Å². The van der Waals surface area contributed by atoms with Crippen LogP contribution >= 0.6 is 0 Å². The van der Waals surface area contributed by atoms with Gasteiger partial charge in [0.15, 0.2) is 0 Å². The molecule has 1 fully saturated rings. The van der Waals surface area contributed by atoms with E-state index in [9.17, 15) is 4.79 Å². The Balaban J connectivity index is 2.54. The maximum absolute atomic E-state index is 12.0. The first-order valence-corrected chi connectivity index (χ1v) is 6.55. The monoisotopic (exact) mass is 243 g/mol. The zero-order valence-corrected chi connectivity index (χ0v) is 11.5.